The van der Waals surface area contributed by atoms with Crippen molar-refractivity contribution >= 4 is 32.2 Å². The lowest BCUT2D eigenvalue weighted by Gasteiger charge is -2.20. The maximum Gasteiger partial charge on any atom is 0.0356 e. The molecule has 3 aromatic rings. The Morgan fingerprint density at radius 1 is 1.00 bits per heavy atom. The van der Waals surface area contributed by atoms with Gasteiger partial charge in [-0.05, 0) is 49.7 Å². The maximum absolute atomic E-state index is 2.29. The Balaban J connectivity index is 2.31. The first-order valence-corrected chi connectivity index (χ1v) is 6.41. The van der Waals surface area contributed by atoms with Crippen LogP contribution in [0.5, 0.6) is 0 Å². The van der Waals surface area contributed by atoms with E-state index < -0.39 is 0 Å². The highest BCUT2D eigenvalue weighted by atomic mass is 32.1. The minimum absolute atomic E-state index is 0.159. The Labute approximate surface area is 99.3 Å². The molecule has 0 amide bonds. The summed E-state index contributed by atoms with van der Waals surface area (Å²) in [5.74, 6) is 0. The Morgan fingerprint density at radius 3 is 2.38 bits per heavy atom. The molecule has 0 unspecified atom stereocenters. The molecule has 0 aliphatic heterocycles. The standard InChI is InChI=1S/C14H15NS/c1-14(2,3)15-8-11-6-10-4-5-16-13(10)7-12(11)9-15/h4-9H,1-3H3. The molecule has 1 nitrogen and oxygen atoms in total. The number of rotatable bonds is 0. The van der Waals surface area contributed by atoms with Crippen molar-refractivity contribution in [2.75, 3.05) is 0 Å². The van der Waals surface area contributed by atoms with Crippen LogP contribution in [0.4, 0.5) is 0 Å². The molecule has 3 rings (SSSR count). The highest BCUT2D eigenvalue weighted by Gasteiger charge is 2.13. The van der Waals surface area contributed by atoms with Crippen LogP contribution in [0, 0.1) is 0 Å². The quantitative estimate of drug-likeness (QED) is 0.530. The van der Waals surface area contributed by atoms with Crippen molar-refractivity contribution in [3.63, 3.8) is 0 Å². The number of aromatic nitrogens is 1. The van der Waals surface area contributed by atoms with Crippen LogP contribution in [0.3, 0.4) is 0 Å². The lowest BCUT2D eigenvalue weighted by Crippen LogP contribution is -2.19. The van der Waals surface area contributed by atoms with Crippen molar-refractivity contribution in [1.29, 1.82) is 0 Å². The molecule has 0 aliphatic carbocycles. The number of thiophene rings is 1. The summed E-state index contributed by atoms with van der Waals surface area (Å²) in [4.78, 5) is 0. The Morgan fingerprint density at radius 2 is 1.69 bits per heavy atom. The molecule has 0 atom stereocenters. The van der Waals surface area contributed by atoms with E-state index in [-0.39, 0.29) is 5.54 Å². The van der Waals surface area contributed by atoms with Gasteiger partial charge >= 0.3 is 0 Å². The van der Waals surface area contributed by atoms with Crippen molar-refractivity contribution in [3.05, 3.63) is 36.0 Å². The van der Waals surface area contributed by atoms with Crippen LogP contribution >= 0.6 is 11.3 Å². The zero-order valence-electron chi connectivity index (χ0n) is 9.82. The fourth-order valence-electron chi connectivity index (χ4n) is 1.99. The number of hydrogen-bond acceptors (Lipinski definition) is 1. The molecule has 0 saturated carbocycles. The predicted octanol–water partition coefficient (Wildman–Crippen LogP) is 4.61. The number of nitrogens with zero attached hydrogens (tertiary/aromatic N) is 1. The zero-order chi connectivity index (χ0) is 11.3. The molecular formula is C14H15NS. The van der Waals surface area contributed by atoms with Gasteiger partial charge in [0.25, 0.3) is 0 Å². The molecule has 2 heteroatoms. The number of hydrogen-bond donors (Lipinski definition) is 0. The van der Waals surface area contributed by atoms with Gasteiger partial charge in [-0.2, -0.15) is 0 Å². The van der Waals surface area contributed by atoms with Gasteiger partial charge in [-0.25, -0.2) is 0 Å². The Bertz CT molecular complexity index is 604. The van der Waals surface area contributed by atoms with E-state index in [1.807, 2.05) is 11.3 Å². The second kappa shape index (κ2) is 3.11. The predicted molar refractivity (Wildman–Crippen MR) is 72.3 cm³/mol. The SMILES string of the molecule is CC(C)(C)n1cc2cc3ccsc3cc2c1. The molecule has 82 valence electrons. The fourth-order valence-corrected chi connectivity index (χ4v) is 2.81. The van der Waals surface area contributed by atoms with E-state index in [1.165, 1.54) is 20.9 Å². The second-order valence-corrected chi connectivity index (χ2v) is 6.22. The first kappa shape index (κ1) is 9.91. The third kappa shape index (κ3) is 1.45. The second-order valence-electron chi connectivity index (χ2n) is 5.28. The van der Waals surface area contributed by atoms with Gasteiger partial charge in [-0.15, -0.1) is 11.3 Å². The average molecular weight is 229 g/mol. The Hall–Kier alpha value is -1.28. The van der Waals surface area contributed by atoms with Gasteiger partial charge in [0.05, 0.1) is 0 Å². The van der Waals surface area contributed by atoms with Crippen molar-refractivity contribution in [1.82, 2.24) is 4.57 Å². The zero-order valence-corrected chi connectivity index (χ0v) is 10.6. The van der Waals surface area contributed by atoms with Crippen LogP contribution in [0.15, 0.2) is 36.0 Å². The molecule has 16 heavy (non-hydrogen) atoms. The van der Waals surface area contributed by atoms with Gasteiger partial charge in [0, 0.05) is 33.4 Å². The number of benzene rings is 1. The molecule has 2 heterocycles. The lowest BCUT2D eigenvalue weighted by atomic mass is 10.1. The highest BCUT2D eigenvalue weighted by molar-refractivity contribution is 7.17. The van der Waals surface area contributed by atoms with Crippen LogP contribution in [0.25, 0.3) is 20.9 Å². The smallest absolute Gasteiger partial charge is 0.0356 e. The van der Waals surface area contributed by atoms with Crippen LogP contribution in [0.2, 0.25) is 0 Å². The van der Waals surface area contributed by atoms with Crippen molar-refractivity contribution in [3.8, 4) is 0 Å². The van der Waals surface area contributed by atoms with Gasteiger partial charge in [0.15, 0.2) is 0 Å². The molecule has 2 aromatic heterocycles. The third-order valence-electron chi connectivity index (χ3n) is 2.99. The monoisotopic (exact) mass is 229 g/mol. The summed E-state index contributed by atoms with van der Waals surface area (Å²) in [5, 5.41) is 6.18. The molecule has 0 bridgehead atoms. The Kier molecular flexibility index (Phi) is 1.93. The highest BCUT2D eigenvalue weighted by Crippen LogP contribution is 2.29. The summed E-state index contributed by atoms with van der Waals surface area (Å²) in [6.45, 7) is 6.69. The molecule has 0 N–H and O–H groups in total. The van der Waals surface area contributed by atoms with Gasteiger partial charge in [0.1, 0.15) is 0 Å². The molecule has 0 radical (unpaired) electrons. The lowest BCUT2D eigenvalue weighted by molar-refractivity contribution is 0.399. The van der Waals surface area contributed by atoms with Gasteiger partial charge in [-0.3, -0.25) is 0 Å². The molecule has 0 aliphatic rings. The van der Waals surface area contributed by atoms with E-state index in [9.17, 15) is 0 Å². The van der Waals surface area contributed by atoms with E-state index >= 15 is 0 Å². The van der Waals surface area contributed by atoms with E-state index in [2.05, 4.69) is 61.3 Å². The van der Waals surface area contributed by atoms with Crippen molar-refractivity contribution in [2.45, 2.75) is 26.3 Å². The van der Waals surface area contributed by atoms with E-state index in [0.717, 1.165) is 0 Å². The molecule has 0 spiro atoms. The third-order valence-corrected chi connectivity index (χ3v) is 3.87. The summed E-state index contributed by atoms with van der Waals surface area (Å²) >= 11 is 1.81. The van der Waals surface area contributed by atoms with Gasteiger partial charge < -0.3 is 4.57 Å². The molecule has 1 aromatic carbocycles. The topological polar surface area (TPSA) is 4.93 Å². The molecular weight excluding hydrogens is 214 g/mol. The van der Waals surface area contributed by atoms with Gasteiger partial charge in [-0.1, -0.05) is 0 Å². The first-order valence-electron chi connectivity index (χ1n) is 5.53. The number of fused-ring (bicyclic) bond motifs is 2. The largest absolute Gasteiger partial charge is 0.348 e. The van der Waals surface area contributed by atoms with Crippen molar-refractivity contribution < 1.29 is 0 Å². The van der Waals surface area contributed by atoms with Crippen molar-refractivity contribution in [2.24, 2.45) is 0 Å². The summed E-state index contributed by atoms with van der Waals surface area (Å²) in [6.07, 6.45) is 4.49. The summed E-state index contributed by atoms with van der Waals surface area (Å²) in [6, 6.07) is 6.76. The van der Waals surface area contributed by atoms with Crippen LogP contribution in [0.1, 0.15) is 20.8 Å². The molecule has 0 fully saturated rings. The summed E-state index contributed by atoms with van der Waals surface area (Å²) < 4.78 is 3.67. The van der Waals surface area contributed by atoms with Gasteiger partial charge in [0.2, 0.25) is 0 Å². The van der Waals surface area contributed by atoms with Crippen LogP contribution < -0.4 is 0 Å². The summed E-state index contributed by atoms with van der Waals surface area (Å²) in [5.41, 5.74) is 0.159. The first-order chi connectivity index (χ1) is 7.54. The summed E-state index contributed by atoms with van der Waals surface area (Å²) in [7, 11) is 0. The normalized spacial score (nSPS) is 12.7. The minimum Gasteiger partial charge on any atom is -0.348 e. The fraction of sp³-hybridized carbons (Fsp3) is 0.286. The minimum atomic E-state index is 0.159. The van der Waals surface area contributed by atoms with E-state index in [1.54, 1.807) is 0 Å². The van der Waals surface area contributed by atoms with E-state index in [4.69, 9.17) is 0 Å². The average Bonchev–Trinajstić information content (AvgIpc) is 2.75. The van der Waals surface area contributed by atoms with Crippen LogP contribution in [-0.4, -0.2) is 4.57 Å². The molecule has 0 saturated heterocycles. The maximum atomic E-state index is 2.29. The van der Waals surface area contributed by atoms with Crippen LogP contribution in [-0.2, 0) is 5.54 Å². The van der Waals surface area contributed by atoms with E-state index in [0.29, 0.717) is 0 Å².